The van der Waals surface area contributed by atoms with Crippen molar-refractivity contribution in [2.75, 3.05) is 5.32 Å². The fourth-order valence-corrected chi connectivity index (χ4v) is 2.20. The smallest absolute Gasteiger partial charge is 0.313 e. The van der Waals surface area contributed by atoms with Crippen molar-refractivity contribution in [3.05, 3.63) is 66.7 Å². The first kappa shape index (κ1) is 17.2. The standard InChI is InChI=1S/C14H10ClN3O6/c1-7-4-9(17(21)22)2-3-11(7)16-14(20)10-5-8(15)6-12(13(10)19)18(23)24/h2-6,19H,1H3,(H,16,20). The van der Waals surface area contributed by atoms with Crippen LogP contribution >= 0.6 is 11.6 Å². The molecule has 24 heavy (non-hydrogen) atoms. The highest BCUT2D eigenvalue weighted by molar-refractivity contribution is 6.31. The number of benzene rings is 2. The van der Waals surface area contributed by atoms with Crippen molar-refractivity contribution in [2.24, 2.45) is 0 Å². The topological polar surface area (TPSA) is 136 Å². The lowest BCUT2D eigenvalue weighted by molar-refractivity contribution is -0.385. The first-order chi connectivity index (χ1) is 11.2. The van der Waals surface area contributed by atoms with E-state index < -0.39 is 27.2 Å². The largest absolute Gasteiger partial charge is 0.502 e. The lowest BCUT2D eigenvalue weighted by Gasteiger charge is -2.10. The fraction of sp³-hybridized carbons (Fsp3) is 0.0714. The summed E-state index contributed by atoms with van der Waals surface area (Å²) < 4.78 is 0. The van der Waals surface area contributed by atoms with Gasteiger partial charge in [0, 0.05) is 28.9 Å². The second-order valence-corrected chi connectivity index (χ2v) is 5.23. The van der Waals surface area contributed by atoms with Gasteiger partial charge < -0.3 is 10.4 Å². The first-order valence-electron chi connectivity index (χ1n) is 6.44. The second kappa shape index (κ2) is 6.50. The third-order valence-corrected chi connectivity index (χ3v) is 3.38. The molecule has 0 saturated heterocycles. The molecule has 2 aromatic rings. The number of nitrogens with zero attached hydrogens (tertiary/aromatic N) is 2. The van der Waals surface area contributed by atoms with Crippen molar-refractivity contribution in [3.8, 4) is 5.75 Å². The van der Waals surface area contributed by atoms with Crippen LogP contribution < -0.4 is 5.32 Å². The quantitative estimate of drug-likeness (QED) is 0.639. The van der Waals surface area contributed by atoms with Crippen molar-refractivity contribution in [2.45, 2.75) is 6.92 Å². The minimum Gasteiger partial charge on any atom is -0.502 e. The summed E-state index contributed by atoms with van der Waals surface area (Å²) in [6, 6.07) is 5.78. The molecule has 0 saturated carbocycles. The first-order valence-corrected chi connectivity index (χ1v) is 6.81. The number of nitro groups is 2. The summed E-state index contributed by atoms with van der Waals surface area (Å²) >= 11 is 5.73. The lowest BCUT2D eigenvalue weighted by atomic mass is 10.1. The Morgan fingerprint density at radius 1 is 1.17 bits per heavy atom. The Labute approximate surface area is 139 Å². The maximum Gasteiger partial charge on any atom is 0.313 e. The number of nitrogens with one attached hydrogen (secondary N) is 1. The maximum atomic E-state index is 12.2. The van der Waals surface area contributed by atoms with E-state index in [-0.39, 0.29) is 22.0 Å². The average molecular weight is 352 g/mol. The Balaban J connectivity index is 2.37. The molecule has 0 spiro atoms. The summed E-state index contributed by atoms with van der Waals surface area (Å²) in [6.45, 7) is 1.54. The number of hydrogen-bond donors (Lipinski definition) is 2. The minimum atomic E-state index is -0.866. The third-order valence-electron chi connectivity index (χ3n) is 3.16. The molecule has 2 N–H and O–H groups in total. The molecule has 9 nitrogen and oxygen atoms in total. The van der Waals surface area contributed by atoms with Gasteiger partial charge in [-0.15, -0.1) is 0 Å². The van der Waals surface area contributed by atoms with Gasteiger partial charge in [-0.1, -0.05) is 11.6 Å². The van der Waals surface area contributed by atoms with Gasteiger partial charge in [-0.25, -0.2) is 0 Å². The molecule has 0 atom stereocenters. The van der Waals surface area contributed by atoms with Crippen molar-refractivity contribution in [1.29, 1.82) is 0 Å². The number of amides is 1. The predicted octanol–water partition coefficient (Wildman–Crippen LogP) is 3.42. The predicted molar refractivity (Wildman–Crippen MR) is 85.6 cm³/mol. The molecular formula is C14H10ClN3O6. The van der Waals surface area contributed by atoms with Gasteiger partial charge >= 0.3 is 5.69 Å². The van der Waals surface area contributed by atoms with Crippen LogP contribution in [0.4, 0.5) is 17.1 Å². The number of carbonyl (C=O) groups excluding carboxylic acids is 1. The molecule has 0 bridgehead atoms. The Hall–Kier alpha value is -3.20. The van der Waals surface area contributed by atoms with E-state index in [4.69, 9.17) is 11.6 Å². The van der Waals surface area contributed by atoms with Crippen LogP contribution in [0.2, 0.25) is 5.02 Å². The van der Waals surface area contributed by atoms with Gasteiger partial charge in [-0.05, 0) is 24.6 Å². The molecule has 0 fully saturated rings. The molecule has 0 aliphatic rings. The summed E-state index contributed by atoms with van der Waals surface area (Å²) in [5, 5.41) is 33.8. The summed E-state index contributed by atoms with van der Waals surface area (Å²) in [4.78, 5) is 32.4. The zero-order valence-electron chi connectivity index (χ0n) is 12.1. The van der Waals surface area contributed by atoms with Crippen molar-refractivity contribution in [1.82, 2.24) is 0 Å². The Morgan fingerprint density at radius 2 is 1.83 bits per heavy atom. The number of phenols is 1. The molecule has 124 valence electrons. The van der Waals surface area contributed by atoms with Crippen LogP contribution in [0.3, 0.4) is 0 Å². The number of non-ortho nitro benzene ring substituents is 1. The van der Waals surface area contributed by atoms with Gasteiger partial charge in [-0.3, -0.25) is 25.0 Å². The molecule has 0 aliphatic heterocycles. The van der Waals surface area contributed by atoms with Gasteiger partial charge in [0.15, 0.2) is 0 Å². The van der Waals surface area contributed by atoms with Crippen LogP contribution in [0.25, 0.3) is 0 Å². The molecule has 10 heteroatoms. The SMILES string of the molecule is Cc1cc([N+](=O)[O-])ccc1NC(=O)c1cc(Cl)cc([N+](=O)[O-])c1O. The van der Waals surface area contributed by atoms with Crippen molar-refractivity contribution < 1.29 is 19.7 Å². The van der Waals surface area contributed by atoms with Crippen molar-refractivity contribution >= 4 is 34.6 Å². The number of nitro benzene ring substituents is 2. The number of hydrogen-bond acceptors (Lipinski definition) is 6. The fourth-order valence-electron chi connectivity index (χ4n) is 1.99. The van der Waals surface area contributed by atoms with Gasteiger partial charge in [0.25, 0.3) is 11.6 Å². The maximum absolute atomic E-state index is 12.2. The number of aryl methyl sites for hydroxylation is 1. The zero-order valence-corrected chi connectivity index (χ0v) is 12.9. The Bertz CT molecular complexity index is 868. The number of phenolic OH excluding ortho intramolecular Hbond substituents is 1. The van der Waals surface area contributed by atoms with E-state index in [0.29, 0.717) is 5.56 Å². The molecule has 0 unspecified atom stereocenters. The summed E-state index contributed by atoms with van der Waals surface area (Å²) in [5.74, 6) is -1.66. The van der Waals surface area contributed by atoms with Crippen LogP contribution in [0.1, 0.15) is 15.9 Å². The number of carbonyl (C=O) groups is 1. The number of rotatable bonds is 4. The van der Waals surface area contributed by atoms with Crippen LogP contribution in [0.5, 0.6) is 5.75 Å². The van der Waals surface area contributed by atoms with E-state index >= 15 is 0 Å². The highest BCUT2D eigenvalue weighted by Gasteiger charge is 2.23. The molecule has 2 rings (SSSR count). The average Bonchev–Trinajstić information content (AvgIpc) is 2.50. The molecule has 0 heterocycles. The van der Waals surface area contributed by atoms with E-state index in [0.717, 1.165) is 12.1 Å². The third kappa shape index (κ3) is 3.41. The van der Waals surface area contributed by atoms with E-state index in [9.17, 15) is 30.1 Å². The number of aromatic hydroxyl groups is 1. The van der Waals surface area contributed by atoms with Crippen LogP contribution in [0, 0.1) is 27.2 Å². The number of anilines is 1. The summed E-state index contributed by atoms with van der Waals surface area (Å²) in [6.07, 6.45) is 0. The number of halogens is 1. The normalized spacial score (nSPS) is 10.2. The summed E-state index contributed by atoms with van der Waals surface area (Å²) in [5.41, 5.74) is -0.562. The molecule has 0 aliphatic carbocycles. The Kier molecular flexibility index (Phi) is 4.65. The van der Waals surface area contributed by atoms with Gasteiger partial charge in [0.05, 0.1) is 15.4 Å². The van der Waals surface area contributed by atoms with Gasteiger partial charge in [0.2, 0.25) is 5.75 Å². The van der Waals surface area contributed by atoms with E-state index in [2.05, 4.69) is 5.32 Å². The molecular weight excluding hydrogens is 342 g/mol. The van der Waals surface area contributed by atoms with E-state index in [1.165, 1.54) is 18.2 Å². The van der Waals surface area contributed by atoms with Crippen LogP contribution in [0.15, 0.2) is 30.3 Å². The monoisotopic (exact) mass is 351 g/mol. The zero-order chi connectivity index (χ0) is 18.0. The van der Waals surface area contributed by atoms with E-state index in [1.807, 2.05) is 0 Å². The summed E-state index contributed by atoms with van der Waals surface area (Å²) in [7, 11) is 0. The van der Waals surface area contributed by atoms with Gasteiger partial charge in [-0.2, -0.15) is 0 Å². The van der Waals surface area contributed by atoms with E-state index in [1.54, 1.807) is 6.92 Å². The van der Waals surface area contributed by atoms with Crippen LogP contribution in [-0.4, -0.2) is 20.9 Å². The lowest BCUT2D eigenvalue weighted by Crippen LogP contribution is -2.13. The highest BCUT2D eigenvalue weighted by Crippen LogP contribution is 2.34. The molecule has 0 aromatic heterocycles. The van der Waals surface area contributed by atoms with Crippen molar-refractivity contribution in [3.63, 3.8) is 0 Å². The Morgan fingerprint density at radius 3 is 2.38 bits per heavy atom. The minimum absolute atomic E-state index is 0.0925. The van der Waals surface area contributed by atoms with Gasteiger partial charge in [0.1, 0.15) is 0 Å². The second-order valence-electron chi connectivity index (χ2n) is 4.79. The molecule has 1 amide bonds. The molecule has 0 radical (unpaired) electrons. The highest BCUT2D eigenvalue weighted by atomic mass is 35.5. The molecule has 2 aromatic carbocycles. The van der Waals surface area contributed by atoms with Crippen LogP contribution in [-0.2, 0) is 0 Å².